The Labute approximate surface area is 155 Å². The van der Waals surface area contributed by atoms with E-state index in [-0.39, 0.29) is 23.8 Å². The molecule has 2 amide bonds. The second kappa shape index (κ2) is 7.03. The van der Waals surface area contributed by atoms with E-state index in [9.17, 15) is 9.59 Å². The molecule has 140 valence electrons. The minimum Gasteiger partial charge on any atom is -0.375 e. The van der Waals surface area contributed by atoms with Gasteiger partial charge in [-0.15, -0.1) is 0 Å². The first-order valence-corrected chi connectivity index (χ1v) is 9.74. The molecule has 0 unspecified atom stereocenters. The molecule has 0 radical (unpaired) electrons. The van der Waals surface area contributed by atoms with Crippen molar-refractivity contribution in [3.8, 4) is 0 Å². The lowest BCUT2D eigenvalue weighted by Gasteiger charge is -2.50. The Morgan fingerprint density at radius 1 is 1.19 bits per heavy atom. The van der Waals surface area contributed by atoms with Crippen LogP contribution in [0.5, 0.6) is 0 Å². The number of nitrogens with zero attached hydrogens (tertiary/aromatic N) is 2. The fourth-order valence-corrected chi connectivity index (χ4v) is 4.67. The van der Waals surface area contributed by atoms with Crippen molar-refractivity contribution >= 4 is 11.8 Å². The average molecular weight is 356 g/mol. The van der Waals surface area contributed by atoms with Crippen LogP contribution in [0.25, 0.3) is 0 Å². The third-order valence-electron chi connectivity index (χ3n) is 6.36. The van der Waals surface area contributed by atoms with Crippen LogP contribution in [0.3, 0.4) is 0 Å². The second-order valence-electron chi connectivity index (χ2n) is 8.18. The first kappa shape index (κ1) is 17.5. The van der Waals surface area contributed by atoms with E-state index in [1.165, 1.54) is 0 Å². The van der Waals surface area contributed by atoms with Crippen molar-refractivity contribution in [3.63, 3.8) is 0 Å². The Hall–Kier alpha value is -1.88. The zero-order chi connectivity index (χ0) is 18.1. The molecule has 4 rings (SSSR count). The van der Waals surface area contributed by atoms with Crippen molar-refractivity contribution in [3.05, 3.63) is 35.9 Å². The van der Waals surface area contributed by atoms with Gasteiger partial charge in [-0.1, -0.05) is 30.3 Å². The molecule has 1 aromatic carbocycles. The molecule has 26 heavy (non-hydrogen) atoms. The molecule has 1 saturated carbocycles. The van der Waals surface area contributed by atoms with Gasteiger partial charge in [-0.25, -0.2) is 0 Å². The zero-order valence-electron chi connectivity index (χ0n) is 15.5. The van der Waals surface area contributed by atoms with E-state index in [1.54, 1.807) is 7.11 Å². The van der Waals surface area contributed by atoms with Gasteiger partial charge in [0.05, 0.1) is 5.92 Å². The van der Waals surface area contributed by atoms with Crippen molar-refractivity contribution in [2.75, 3.05) is 33.4 Å². The van der Waals surface area contributed by atoms with Gasteiger partial charge in [0.15, 0.2) is 0 Å². The van der Waals surface area contributed by atoms with Crippen LogP contribution < -0.4 is 0 Å². The van der Waals surface area contributed by atoms with Crippen LogP contribution in [0.1, 0.15) is 43.6 Å². The highest BCUT2D eigenvalue weighted by Gasteiger charge is 2.49. The molecule has 0 N–H and O–H groups in total. The zero-order valence-corrected chi connectivity index (χ0v) is 15.5. The topological polar surface area (TPSA) is 49.9 Å². The molecule has 0 aromatic heterocycles. The molecule has 2 aliphatic heterocycles. The number of ether oxygens (including phenoxy) is 1. The Bertz CT molecular complexity index is 663. The van der Waals surface area contributed by atoms with Gasteiger partial charge in [0.25, 0.3) is 0 Å². The Kier molecular flexibility index (Phi) is 4.74. The highest BCUT2D eigenvalue weighted by Crippen LogP contribution is 2.48. The van der Waals surface area contributed by atoms with Crippen molar-refractivity contribution < 1.29 is 14.3 Å². The van der Waals surface area contributed by atoms with Gasteiger partial charge in [-0.3, -0.25) is 9.59 Å². The molecular formula is C21H28N2O3. The molecule has 1 atom stereocenters. The first-order chi connectivity index (χ1) is 12.6. The summed E-state index contributed by atoms with van der Waals surface area (Å²) in [5.41, 5.74) is 1.28. The fourth-order valence-electron chi connectivity index (χ4n) is 4.67. The predicted molar refractivity (Wildman–Crippen MR) is 98.7 cm³/mol. The van der Waals surface area contributed by atoms with Gasteiger partial charge in [0.1, 0.15) is 6.61 Å². The minimum atomic E-state index is -0.0354. The maximum atomic E-state index is 13.1. The monoisotopic (exact) mass is 356 g/mol. The van der Waals surface area contributed by atoms with E-state index in [2.05, 4.69) is 17.0 Å². The first-order valence-electron chi connectivity index (χ1n) is 9.74. The highest BCUT2D eigenvalue weighted by atomic mass is 16.5. The minimum absolute atomic E-state index is 0.0354. The summed E-state index contributed by atoms with van der Waals surface area (Å²) in [6.45, 7) is 2.57. The quantitative estimate of drug-likeness (QED) is 0.832. The summed E-state index contributed by atoms with van der Waals surface area (Å²) in [5, 5.41) is 0. The third-order valence-corrected chi connectivity index (χ3v) is 6.36. The number of hydrogen-bond acceptors (Lipinski definition) is 3. The smallest absolute Gasteiger partial charge is 0.248 e. The summed E-state index contributed by atoms with van der Waals surface area (Å²) >= 11 is 0. The highest BCUT2D eigenvalue weighted by molar-refractivity contribution is 5.85. The van der Waals surface area contributed by atoms with E-state index < -0.39 is 0 Å². The molecule has 3 aliphatic rings. The van der Waals surface area contributed by atoms with E-state index in [0.717, 1.165) is 57.3 Å². The lowest BCUT2D eigenvalue weighted by Crippen LogP contribution is -2.55. The molecular weight excluding hydrogens is 328 g/mol. The molecule has 1 aliphatic carbocycles. The second-order valence-corrected chi connectivity index (χ2v) is 8.18. The van der Waals surface area contributed by atoms with Gasteiger partial charge in [-0.05, 0) is 43.1 Å². The van der Waals surface area contributed by atoms with E-state index in [4.69, 9.17) is 4.74 Å². The van der Waals surface area contributed by atoms with Crippen LogP contribution in [-0.4, -0.2) is 61.0 Å². The van der Waals surface area contributed by atoms with E-state index in [0.29, 0.717) is 11.9 Å². The standard InChI is InChI=1S/C21H28N2O3/c1-26-14-19(24)22-11-9-21(10-12-22)13-18(16-5-3-2-4-6-16)20(25)23(15-21)17-7-8-17/h2-6,17-18H,7-15H2,1H3/t18-/m0/s1. The van der Waals surface area contributed by atoms with Crippen molar-refractivity contribution in [1.29, 1.82) is 0 Å². The maximum absolute atomic E-state index is 13.1. The van der Waals surface area contributed by atoms with Crippen LogP contribution in [-0.2, 0) is 14.3 Å². The molecule has 3 fully saturated rings. The summed E-state index contributed by atoms with van der Waals surface area (Å²) in [4.78, 5) is 29.3. The largest absolute Gasteiger partial charge is 0.375 e. The molecule has 2 saturated heterocycles. The van der Waals surface area contributed by atoms with E-state index >= 15 is 0 Å². The summed E-state index contributed by atoms with van der Waals surface area (Å²) in [6, 6.07) is 10.7. The molecule has 2 heterocycles. The van der Waals surface area contributed by atoms with Crippen LogP contribution in [0.2, 0.25) is 0 Å². The number of piperidine rings is 2. The van der Waals surface area contributed by atoms with Crippen molar-refractivity contribution in [1.82, 2.24) is 9.80 Å². The number of carbonyl (C=O) groups is 2. The van der Waals surface area contributed by atoms with Crippen molar-refractivity contribution in [2.24, 2.45) is 5.41 Å². The summed E-state index contributed by atoms with van der Waals surface area (Å²) in [6.07, 6.45) is 5.14. The molecule has 5 nitrogen and oxygen atoms in total. The predicted octanol–water partition coefficient (Wildman–Crippen LogP) is 2.42. The molecule has 5 heteroatoms. The number of hydrogen-bond donors (Lipinski definition) is 0. The number of methoxy groups -OCH3 is 1. The number of benzene rings is 1. The maximum Gasteiger partial charge on any atom is 0.248 e. The van der Waals surface area contributed by atoms with E-state index in [1.807, 2.05) is 23.1 Å². The molecule has 0 bridgehead atoms. The summed E-state index contributed by atoms with van der Waals surface area (Å²) in [7, 11) is 1.56. The average Bonchev–Trinajstić information content (AvgIpc) is 3.50. The summed E-state index contributed by atoms with van der Waals surface area (Å²) < 4.78 is 5.00. The van der Waals surface area contributed by atoms with Gasteiger partial charge in [-0.2, -0.15) is 0 Å². The number of rotatable bonds is 4. The SMILES string of the molecule is COCC(=O)N1CCC2(CC1)C[C@@H](c1ccccc1)C(=O)N(C1CC1)C2. The van der Waals surface area contributed by atoms with Crippen LogP contribution in [0.4, 0.5) is 0 Å². The van der Waals surface area contributed by atoms with Crippen LogP contribution >= 0.6 is 0 Å². The molecule has 1 aromatic rings. The van der Waals surface area contributed by atoms with Crippen LogP contribution in [0, 0.1) is 5.41 Å². The lowest BCUT2D eigenvalue weighted by atomic mass is 9.67. The number of amides is 2. The molecule has 1 spiro atoms. The van der Waals surface area contributed by atoms with Crippen molar-refractivity contribution in [2.45, 2.75) is 44.1 Å². The third kappa shape index (κ3) is 3.37. The van der Waals surface area contributed by atoms with Gasteiger partial charge in [0.2, 0.25) is 11.8 Å². The Balaban J connectivity index is 1.53. The normalized spacial score (nSPS) is 25.6. The Morgan fingerprint density at radius 2 is 1.88 bits per heavy atom. The summed E-state index contributed by atoms with van der Waals surface area (Å²) in [5.74, 6) is 0.349. The lowest BCUT2D eigenvalue weighted by molar-refractivity contribution is -0.146. The Morgan fingerprint density at radius 3 is 2.50 bits per heavy atom. The van der Waals surface area contributed by atoms with Gasteiger partial charge < -0.3 is 14.5 Å². The number of carbonyl (C=O) groups excluding carboxylic acids is 2. The van der Waals surface area contributed by atoms with Gasteiger partial charge >= 0.3 is 0 Å². The fraction of sp³-hybridized carbons (Fsp3) is 0.619. The number of likely N-dealkylation sites (tertiary alicyclic amines) is 2. The van der Waals surface area contributed by atoms with Crippen LogP contribution in [0.15, 0.2) is 30.3 Å². The van der Waals surface area contributed by atoms with Gasteiger partial charge in [0, 0.05) is 32.8 Å².